The first kappa shape index (κ1) is 15.0. The number of amides is 1. The largest absolute Gasteiger partial charge is 0.299 e. The van der Waals surface area contributed by atoms with E-state index in [-0.39, 0.29) is 5.91 Å². The van der Waals surface area contributed by atoms with E-state index in [9.17, 15) is 4.79 Å². The van der Waals surface area contributed by atoms with Gasteiger partial charge in [0.1, 0.15) is 0 Å². The molecule has 1 aromatic carbocycles. The van der Waals surface area contributed by atoms with E-state index in [1.54, 1.807) is 0 Å². The van der Waals surface area contributed by atoms with Crippen LogP contribution in [-0.2, 0) is 17.8 Å². The molecule has 0 radical (unpaired) electrons. The van der Waals surface area contributed by atoms with Crippen molar-refractivity contribution >= 4 is 5.91 Å². The van der Waals surface area contributed by atoms with Crippen LogP contribution in [0.4, 0.5) is 0 Å². The molecule has 1 fully saturated rings. The zero-order chi connectivity index (χ0) is 14.6. The zero-order valence-corrected chi connectivity index (χ0v) is 12.5. The summed E-state index contributed by atoms with van der Waals surface area (Å²) in [6, 6.07) is 8.24. The average Bonchev–Trinajstić information content (AvgIpc) is 2.43. The van der Waals surface area contributed by atoms with Crippen LogP contribution in [-0.4, -0.2) is 23.9 Å². The average molecular weight is 275 g/mol. The molecule has 0 atom stereocenters. The molecule has 0 saturated carbocycles. The molecule has 1 aliphatic rings. The van der Waals surface area contributed by atoms with Crippen molar-refractivity contribution in [3.05, 3.63) is 35.4 Å². The molecule has 3 N–H and O–H groups in total. The summed E-state index contributed by atoms with van der Waals surface area (Å²) in [7, 11) is 0. The highest BCUT2D eigenvalue weighted by molar-refractivity contribution is 5.77. The maximum absolute atomic E-state index is 11.2. The van der Waals surface area contributed by atoms with Gasteiger partial charge >= 0.3 is 0 Å². The quantitative estimate of drug-likeness (QED) is 0.501. The fraction of sp³-hybridized carbons (Fsp3) is 0.562. The SMILES string of the molecule is CC1(C)CCN(Cc2ccc(CC(=O)NN)cc2)CC1. The highest BCUT2D eigenvalue weighted by Gasteiger charge is 2.25. The second-order valence-electron chi connectivity index (χ2n) is 6.50. The summed E-state index contributed by atoms with van der Waals surface area (Å²) in [5.74, 6) is 4.93. The van der Waals surface area contributed by atoms with E-state index in [0.717, 1.165) is 12.1 Å². The number of hydrogen-bond donors (Lipinski definition) is 2. The molecule has 4 heteroatoms. The van der Waals surface area contributed by atoms with Gasteiger partial charge in [0.05, 0.1) is 6.42 Å². The van der Waals surface area contributed by atoms with Crippen LogP contribution < -0.4 is 11.3 Å². The summed E-state index contributed by atoms with van der Waals surface area (Å²) in [5, 5.41) is 0. The predicted octanol–water partition coefficient (Wildman–Crippen LogP) is 1.84. The Morgan fingerprint density at radius 3 is 2.30 bits per heavy atom. The lowest BCUT2D eigenvalue weighted by Crippen LogP contribution is -2.36. The minimum Gasteiger partial charge on any atom is -0.299 e. The Labute approximate surface area is 121 Å². The third-order valence-corrected chi connectivity index (χ3v) is 4.16. The number of hydrogen-bond acceptors (Lipinski definition) is 3. The molecule has 0 aliphatic carbocycles. The van der Waals surface area contributed by atoms with Gasteiger partial charge in [0.25, 0.3) is 0 Å². The standard InChI is InChI=1S/C16H25N3O/c1-16(2)7-9-19(10-8-16)12-14-5-3-13(4-6-14)11-15(20)18-17/h3-6H,7-12,17H2,1-2H3,(H,18,20). The Balaban J connectivity index is 1.86. The second-order valence-corrected chi connectivity index (χ2v) is 6.50. The highest BCUT2D eigenvalue weighted by atomic mass is 16.2. The minimum absolute atomic E-state index is 0.156. The first-order valence-corrected chi connectivity index (χ1v) is 7.28. The van der Waals surface area contributed by atoms with Crippen molar-refractivity contribution in [3.8, 4) is 0 Å². The van der Waals surface area contributed by atoms with Crippen molar-refractivity contribution in [3.63, 3.8) is 0 Å². The number of piperidine rings is 1. The topological polar surface area (TPSA) is 58.4 Å². The minimum atomic E-state index is -0.156. The molecule has 20 heavy (non-hydrogen) atoms. The predicted molar refractivity (Wildman–Crippen MR) is 80.8 cm³/mol. The summed E-state index contributed by atoms with van der Waals surface area (Å²) in [4.78, 5) is 13.7. The van der Waals surface area contributed by atoms with E-state index >= 15 is 0 Å². The van der Waals surface area contributed by atoms with Gasteiger partial charge in [0, 0.05) is 6.54 Å². The molecule has 2 rings (SSSR count). The highest BCUT2D eigenvalue weighted by Crippen LogP contribution is 2.30. The van der Waals surface area contributed by atoms with Crippen LogP contribution in [0.5, 0.6) is 0 Å². The number of rotatable bonds is 4. The van der Waals surface area contributed by atoms with Crippen LogP contribution in [0, 0.1) is 5.41 Å². The molecule has 110 valence electrons. The number of hydrazine groups is 1. The van der Waals surface area contributed by atoms with Gasteiger partial charge in [0.15, 0.2) is 0 Å². The Morgan fingerprint density at radius 2 is 1.75 bits per heavy atom. The number of likely N-dealkylation sites (tertiary alicyclic amines) is 1. The first-order chi connectivity index (χ1) is 9.48. The lowest BCUT2D eigenvalue weighted by molar-refractivity contribution is -0.120. The van der Waals surface area contributed by atoms with E-state index in [0.29, 0.717) is 11.8 Å². The molecule has 0 unspecified atom stereocenters. The normalized spacial score (nSPS) is 18.8. The van der Waals surface area contributed by atoms with Crippen LogP contribution in [0.25, 0.3) is 0 Å². The summed E-state index contributed by atoms with van der Waals surface area (Å²) < 4.78 is 0. The van der Waals surface area contributed by atoms with Crippen LogP contribution in [0.3, 0.4) is 0 Å². The van der Waals surface area contributed by atoms with Crippen molar-refractivity contribution in [1.29, 1.82) is 0 Å². The van der Waals surface area contributed by atoms with E-state index in [4.69, 9.17) is 5.84 Å². The summed E-state index contributed by atoms with van der Waals surface area (Å²) in [6.45, 7) is 8.04. The molecule has 1 amide bonds. The molecular formula is C16H25N3O. The lowest BCUT2D eigenvalue weighted by atomic mass is 9.82. The number of nitrogens with one attached hydrogen (secondary N) is 1. The summed E-state index contributed by atoms with van der Waals surface area (Å²) >= 11 is 0. The van der Waals surface area contributed by atoms with Gasteiger partial charge in [0.2, 0.25) is 5.91 Å². The molecule has 1 heterocycles. The molecule has 1 aromatic rings. The fourth-order valence-electron chi connectivity index (χ4n) is 2.57. The third-order valence-electron chi connectivity index (χ3n) is 4.16. The molecule has 4 nitrogen and oxygen atoms in total. The van der Waals surface area contributed by atoms with Crippen molar-refractivity contribution in [2.24, 2.45) is 11.3 Å². The summed E-state index contributed by atoms with van der Waals surface area (Å²) in [6.07, 6.45) is 2.87. The number of nitrogens with zero attached hydrogens (tertiary/aromatic N) is 1. The van der Waals surface area contributed by atoms with Gasteiger partial charge in [-0.2, -0.15) is 0 Å². The lowest BCUT2D eigenvalue weighted by Gasteiger charge is -2.36. The van der Waals surface area contributed by atoms with Gasteiger partial charge in [-0.25, -0.2) is 5.84 Å². The van der Waals surface area contributed by atoms with Gasteiger partial charge in [-0.3, -0.25) is 15.1 Å². The number of nitrogens with two attached hydrogens (primary N) is 1. The summed E-state index contributed by atoms with van der Waals surface area (Å²) in [5.41, 5.74) is 4.95. The van der Waals surface area contributed by atoms with Crippen molar-refractivity contribution < 1.29 is 4.79 Å². The van der Waals surface area contributed by atoms with Crippen LogP contribution in [0.2, 0.25) is 0 Å². The maximum atomic E-state index is 11.2. The van der Waals surface area contributed by atoms with Gasteiger partial charge in [-0.05, 0) is 42.5 Å². The van der Waals surface area contributed by atoms with Gasteiger partial charge < -0.3 is 0 Å². The first-order valence-electron chi connectivity index (χ1n) is 7.28. The van der Waals surface area contributed by atoms with Gasteiger partial charge in [-0.1, -0.05) is 38.1 Å². The molecule has 0 aromatic heterocycles. The Hall–Kier alpha value is -1.39. The fourth-order valence-corrected chi connectivity index (χ4v) is 2.57. The van der Waals surface area contributed by atoms with Crippen LogP contribution in [0.1, 0.15) is 37.8 Å². The van der Waals surface area contributed by atoms with E-state index in [1.165, 1.54) is 31.5 Å². The van der Waals surface area contributed by atoms with Crippen LogP contribution in [0.15, 0.2) is 24.3 Å². The smallest absolute Gasteiger partial charge is 0.238 e. The Bertz CT molecular complexity index is 443. The third kappa shape index (κ3) is 4.32. The molecule has 0 bridgehead atoms. The molecule has 1 saturated heterocycles. The van der Waals surface area contributed by atoms with E-state index in [2.05, 4.69) is 36.3 Å². The molecule has 1 aliphatic heterocycles. The number of carbonyl (C=O) groups is 1. The zero-order valence-electron chi connectivity index (χ0n) is 12.5. The molecular weight excluding hydrogens is 250 g/mol. The van der Waals surface area contributed by atoms with Crippen molar-refractivity contribution in [1.82, 2.24) is 10.3 Å². The van der Waals surface area contributed by atoms with E-state index in [1.807, 2.05) is 12.1 Å². The Kier molecular flexibility index (Phi) is 4.78. The van der Waals surface area contributed by atoms with E-state index < -0.39 is 0 Å². The molecule has 0 spiro atoms. The number of benzene rings is 1. The Morgan fingerprint density at radius 1 is 1.20 bits per heavy atom. The van der Waals surface area contributed by atoms with Crippen LogP contribution >= 0.6 is 0 Å². The maximum Gasteiger partial charge on any atom is 0.238 e. The van der Waals surface area contributed by atoms with Crippen molar-refractivity contribution in [2.45, 2.75) is 39.7 Å². The second kappa shape index (κ2) is 6.37. The van der Waals surface area contributed by atoms with Crippen molar-refractivity contribution in [2.75, 3.05) is 13.1 Å². The number of carbonyl (C=O) groups excluding carboxylic acids is 1. The van der Waals surface area contributed by atoms with Gasteiger partial charge in [-0.15, -0.1) is 0 Å². The monoisotopic (exact) mass is 275 g/mol.